The zero-order valence-corrected chi connectivity index (χ0v) is 25.1. The zero-order chi connectivity index (χ0) is 25.6. The van der Waals surface area contributed by atoms with Gasteiger partial charge in [0.05, 0.1) is 11.4 Å². The fourth-order valence-electron chi connectivity index (χ4n) is 2.65. The van der Waals surface area contributed by atoms with Crippen molar-refractivity contribution in [1.29, 1.82) is 0 Å². The van der Waals surface area contributed by atoms with Crippen LogP contribution in [0.15, 0.2) is 48.8 Å². The predicted molar refractivity (Wildman–Crippen MR) is 117 cm³/mol. The molecule has 0 spiro atoms. The van der Waals surface area contributed by atoms with Gasteiger partial charge in [-0.2, -0.15) is 0 Å². The fourth-order valence-corrected chi connectivity index (χ4v) is 2.65. The molecule has 0 radical (unpaired) electrons. The van der Waals surface area contributed by atoms with E-state index < -0.39 is 45.9 Å². The normalized spacial score (nSPS) is 9.43. The Hall–Kier alpha value is -3.22. The van der Waals surface area contributed by atoms with Crippen molar-refractivity contribution < 1.29 is 85.4 Å². The molecule has 13 nitrogen and oxygen atoms in total. The van der Waals surface area contributed by atoms with Crippen LogP contribution >= 0.6 is 0 Å². The molecule has 2 aromatic heterocycles. The first-order chi connectivity index (χ1) is 15.9. The quantitative estimate of drug-likeness (QED) is 0.281. The van der Waals surface area contributed by atoms with Gasteiger partial charge in [-0.1, -0.05) is 12.1 Å². The number of amides is 2. The number of hydrogen-bond acceptors (Lipinski definition) is 7. The Morgan fingerprint density at radius 1 is 0.730 bits per heavy atom. The molecule has 37 heavy (non-hydrogen) atoms. The van der Waals surface area contributed by atoms with E-state index in [0.717, 1.165) is 9.13 Å². The van der Waals surface area contributed by atoms with Gasteiger partial charge in [0.15, 0.2) is 12.4 Å². The second-order valence-electron chi connectivity index (χ2n) is 7.14. The Bertz CT molecular complexity index is 1180. The molecule has 2 heterocycles. The first-order valence-electron chi connectivity index (χ1n) is 9.64. The average Bonchev–Trinajstić information content (AvgIpc) is 2.76. The maximum atomic E-state index is 12.5. The second-order valence-corrected chi connectivity index (χ2v) is 8.63. The minimum atomic E-state index is -0.963. The number of anilines is 2. The van der Waals surface area contributed by atoms with Crippen molar-refractivity contribution in [3.63, 3.8) is 0 Å². The minimum absolute atomic E-state index is 0. The number of benzene rings is 1. The Kier molecular flexibility index (Phi) is 15.3. The van der Waals surface area contributed by atoms with Crippen LogP contribution < -0.4 is 40.2 Å². The number of aryl methyl sites for hydroxylation is 2. The molecule has 0 fully saturated rings. The van der Waals surface area contributed by atoms with Crippen LogP contribution in [0.25, 0.3) is 0 Å². The van der Waals surface area contributed by atoms with Gasteiger partial charge < -0.3 is 42.0 Å². The van der Waals surface area contributed by atoms with Crippen LogP contribution in [0, 0.1) is 31.1 Å². The Morgan fingerprint density at radius 3 is 1.32 bits per heavy atom. The van der Waals surface area contributed by atoms with Crippen LogP contribution in [0.3, 0.4) is 0 Å². The van der Waals surface area contributed by atoms with Gasteiger partial charge in [0, 0.05) is 77.7 Å². The number of hydrogen-bond donors (Lipinski definition) is 2. The van der Waals surface area contributed by atoms with E-state index >= 15 is 0 Å². The van der Waals surface area contributed by atoms with Crippen molar-refractivity contribution in [3.05, 3.63) is 59.9 Å². The molecule has 2 amide bonds. The largest absolute Gasteiger partial charge is 2.00 e. The average molecular weight is 757 g/mol. The van der Waals surface area contributed by atoms with E-state index in [1.807, 2.05) is 0 Å². The van der Waals surface area contributed by atoms with Gasteiger partial charge >= 0.3 is 0 Å². The number of carbonyl (C=O) groups is 2. The third-order valence-corrected chi connectivity index (χ3v) is 4.36. The van der Waals surface area contributed by atoms with E-state index in [2.05, 4.69) is 10.6 Å². The SMILES string of the molecule is CS(C)=O.C[n+]1ccc(C(=O)Nc2ccccc2NC(=O)c2cc[n+](C)c([O-])c2[O-])c([O-])c1[O-].[O-2].[O-2].[U]. The van der Waals surface area contributed by atoms with E-state index in [1.54, 1.807) is 24.6 Å². The van der Waals surface area contributed by atoms with Crippen molar-refractivity contribution in [2.24, 2.45) is 14.1 Å². The van der Waals surface area contributed by atoms with Gasteiger partial charge in [0.1, 0.15) is 25.9 Å². The molecule has 0 aliphatic carbocycles. The summed E-state index contributed by atoms with van der Waals surface area (Å²) in [4.78, 5) is 25.0. The standard InChI is InChI=1S/C20H18N4O6.C2H6OS.2O.U/c1-23-9-7-11(15(25)19(23)29)17(27)21-13-5-3-4-6-14(13)22-18(28)12-8-10-24(2)20(30)16(12)26;1-4(2)3;;;/h3-10H,1-2H3,(H4,21,22,25,26,27,28,29,30);1-2H3;;;/q;;2*-2;/p-2. The topological polar surface area (TPSA) is 232 Å². The van der Waals surface area contributed by atoms with E-state index in [1.165, 1.54) is 50.8 Å². The molecular weight excluding hydrogens is 734 g/mol. The van der Waals surface area contributed by atoms with E-state index in [4.69, 9.17) is 0 Å². The van der Waals surface area contributed by atoms with Crippen LogP contribution in [0.5, 0.6) is 23.3 Å². The molecule has 0 aliphatic heterocycles. The Balaban J connectivity index is 0. The van der Waals surface area contributed by atoms with Crippen molar-refractivity contribution in [2.45, 2.75) is 0 Å². The molecule has 3 rings (SSSR count). The third kappa shape index (κ3) is 9.30. The van der Waals surface area contributed by atoms with Crippen molar-refractivity contribution >= 4 is 34.0 Å². The Morgan fingerprint density at radius 2 is 1.03 bits per heavy atom. The van der Waals surface area contributed by atoms with Crippen molar-refractivity contribution in [2.75, 3.05) is 23.1 Å². The number of para-hydroxylation sites is 2. The van der Waals surface area contributed by atoms with Gasteiger partial charge in [-0.05, 0) is 23.6 Å². The predicted octanol–water partition coefficient (Wildman–Crippen LogP) is -2.11. The maximum Gasteiger partial charge on any atom is 0.255 e. The zero-order valence-electron chi connectivity index (χ0n) is 20.1. The number of nitrogens with zero attached hydrogens (tertiary/aromatic N) is 2. The molecule has 0 unspecified atom stereocenters. The third-order valence-electron chi connectivity index (χ3n) is 4.36. The first kappa shape index (κ1) is 35.9. The minimum Gasteiger partial charge on any atom is -2.00 e. The molecule has 3 aromatic rings. The summed E-state index contributed by atoms with van der Waals surface area (Å²) < 4.78 is 11.7. The number of rotatable bonds is 4. The fraction of sp³-hybridized carbons (Fsp3) is 0.182. The number of carbonyl (C=O) groups excluding carboxylic acids is 2. The summed E-state index contributed by atoms with van der Waals surface area (Å²) in [5, 5.41) is 52.5. The molecule has 0 aliphatic rings. The van der Waals surface area contributed by atoms with Gasteiger partial charge in [-0.25, -0.2) is 9.13 Å². The summed E-state index contributed by atoms with van der Waals surface area (Å²) in [5.74, 6) is -5.30. The van der Waals surface area contributed by atoms with Gasteiger partial charge in [0.25, 0.3) is 11.8 Å². The molecule has 0 saturated heterocycles. The summed E-state index contributed by atoms with van der Waals surface area (Å²) in [6.45, 7) is 0. The number of aromatic nitrogens is 2. The summed E-state index contributed by atoms with van der Waals surface area (Å²) in [6.07, 6.45) is 5.86. The van der Waals surface area contributed by atoms with Gasteiger partial charge in [0.2, 0.25) is 0 Å². The molecular formula is C22H22N4O9SU-6. The summed E-state index contributed by atoms with van der Waals surface area (Å²) in [7, 11) is 2.16. The van der Waals surface area contributed by atoms with Crippen LogP contribution in [0.1, 0.15) is 20.7 Å². The summed E-state index contributed by atoms with van der Waals surface area (Å²) in [6, 6.07) is 8.49. The molecule has 0 atom stereocenters. The molecule has 2 N–H and O–H groups in total. The van der Waals surface area contributed by atoms with Crippen LogP contribution in [-0.2, 0) is 35.8 Å². The number of nitrogens with one attached hydrogen (secondary N) is 2. The summed E-state index contributed by atoms with van der Waals surface area (Å²) in [5.41, 5.74) is -0.445. The van der Waals surface area contributed by atoms with Crippen molar-refractivity contribution in [3.8, 4) is 23.3 Å². The smallest absolute Gasteiger partial charge is 0.255 e. The van der Waals surface area contributed by atoms with Crippen LogP contribution in [0.4, 0.5) is 11.4 Å². The maximum absolute atomic E-state index is 12.5. The second kappa shape index (κ2) is 15.8. The van der Waals surface area contributed by atoms with E-state index in [-0.39, 0.29) is 64.6 Å². The van der Waals surface area contributed by atoms with E-state index in [0.29, 0.717) is 0 Å². The monoisotopic (exact) mass is 756 g/mol. The molecule has 200 valence electrons. The van der Waals surface area contributed by atoms with E-state index in [9.17, 15) is 34.2 Å². The Labute approximate surface area is 238 Å². The van der Waals surface area contributed by atoms with Crippen LogP contribution in [-0.4, -0.2) is 28.5 Å². The molecule has 15 heteroatoms. The molecule has 0 saturated carbocycles. The first-order valence-corrected chi connectivity index (χ1v) is 11.6. The molecule has 1 aromatic carbocycles. The molecule has 0 bridgehead atoms. The van der Waals surface area contributed by atoms with Crippen molar-refractivity contribution in [1.82, 2.24) is 0 Å². The van der Waals surface area contributed by atoms with Crippen LogP contribution in [0.2, 0.25) is 0 Å². The number of pyridine rings is 2. The van der Waals surface area contributed by atoms with Gasteiger partial charge in [-0.3, -0.25) is 13.8 Å². The summed E-state index contributed by atoms with van der Waals surface area (Å²) >= 11 is 0. The van der Waals surface area contributed by atoms with Gasteiger partial charge in [-0.15, -0.1) is 0 Å².